The fourth-order valence-corrected chi connectivity index (χ4v) is 2.73. The number of hydrogen-bond acceptors (Lipinski definition) is 0. The van der Waals surface area contributed by atoms with E-state index in [1.165, 1.54) is 24.8 Å². The van der Waals surface area contributed by atoms with Crippen LogP contribution in [-0.2, 0) is 0 Å². The summed E-state index contributed by atoms with van der Waals surface area (Å²) in [6.07, 6.45) is 3.97. The summed E-state index contributed by atoms with van der Waals surface area (Å²) in [5, 5.41) is 0. The predicted molar refractivity (Wildman–Crippen MR) is 57.2 cm³/mol. The van der Waals surface area contributed by atoms with Crippen LogP contribution in [-0.4, -0.2) is 5.88 Å². The standard InChI is InChI=1S/C12H15Cl/c13-9-11-7-4-8-12(11)10-5-2-1-3-6-10/h1-3,5-6,11-12H,4,7-9H2. The molecule has 13 heavy (non-hydrogen) atoms. The summed E-state index contributed by atoms with van der Waals surface area (Å²) < 4.78 is 0. The number of alkyl halides is 1. The van der Waals surface area contributed by atoms with E-state index in [4.69, 9.17) is 11.6 Å². The van der Waals surface area contributed by atoms with Crippen molar-refractivity contribution in [1.29, 1.82) is 0 Å². The number of benzene rings is 1. The molecule has 0 N–H and O–H groups in total. The van der Waals surface area contributed by atoms with Crippen molar-refractivity contribution in [3.8, 4) is 0 Å². The Morgan fingerprint density at radius 3 is 2.62 bits per heavy atom. The molecule has 1 aromatic carbocycles. The molecular weight excluding hydrogens is 180 g/mol. The van der Waals surface area contributed by atoms with Gasteiger partial charge < -0.3 is 0 Å². The molecule has 1 aliphatic carbocycles. The largest absolute Gasteiger partial charge is 0.126 e. The van der Waals surface area contributed by atoms with Crippen molar-refractivity contribution in [3.05, 3.63) is 35.9 Å². The highest BCUT2D eigenvalue weighted by atomic mass is 35.5. The van der Waals surface area contributed by atoms with E-state index in [0.29, 0.717) is 5.92 Å². The molecular formula is C12H15Cl. The van der Waals surface area contributed by atoms with Gasteiger partial charge >= 0.3 is 0 Å². The first-order valence-electron chi connectivity index (χ1n) is 5.02. The molecule has 0 heterocycles. The molecule has 70 valence electrons. The van der Waals surface area contributed by atoms with Gasteiger partial charge in [0.15, 0.2) is 0 Å². The summed E-state index contributed by atoms with van der Waals surface area (Å²) >= 11 is 5.95. The second kappa shape index (κ2) is 4.15. The van der Waals surface area contributed by atoms with Crippen molar-refractivity contribution in [2.75, 3.05) is 5.88 Å². The van der Waals surface area contributed by atoms with Gasteiger partial charge in [0.1, 0.15) is 0 Å². The minimum absolute atomic E-state index is 0.712. The Balaban J connectivity index is 2.16. The van der Waals surface area contributed by atoms with Crippen molar-refractivity contribution in [2.45, 2.75) is 25.2 Å². The van der Waals surface area contributed by atoms with Crippen molar-refractivity contribution >= 4 is 11.6 Å². The van der Waals surface area contributed by atoms with Gasteiger partial charge in [-0.15, -0.1) is 11.6 Å². The van der Waals surface area contributed by atoms with Crippen LogP contribution in [0.15, 0.2) is 30.3 Å². The van der Waals surface area contributed by atoms with E-state index in [2.05, 4.69) is 30.3 Å². The molecule has 0 nitrogen and oxygen atoms in total. The summed E-state index contributed by atoms with van der Waals surface area (Å²) in [6, 6.07) is 10.8. The van der Waals surface area contributed by atoms with Crippen LogP contribution < -0.4 is 0 Å². The minimum Gasteiger partial charge on any atom is -0.126 e. The Morgan fingerprint density at radius 1 is 1.15 bits per heavy atom. The molecule has 0 aromatic heterocycles. The normalized spacial score (nSPS) is 27.8. The van der Waals surface area contributed by atoms with Gasteiger partial charge in [-0.2, -0.15) is 0 Å². The van der Waals surface area contributed by atoms with Crippen LogP contribution in [0.5, 0.6) is 0 Å². The molecule has 0 bridgehead atoms. The van der Waals surface area contributed by atoms with Gasteiger partial charge in [0.25, 0.3) is 0 Å². The highest BCUT2D eigenvalue weighted by molar-refractivity contribution is 6.18. The van der Waals surface area contributed by atoms with Crippen LogP contribution in [0.2, 0.25) is 0 Å². The van der Waals surface area contributed by atoms with E-state index in [1.54, 1.807) is 0 Å². The smallest absolute Gasteiger partial charge is 0.0257 e. The van der Waals surface area contributed by atoms with Crippen molar-refractivity contribution in [3.63, 3.8) is 0 Å². The highest BCUT2D eigenvalue weighted by Crippen LogP contribution is 2.39. The summed E-state index contributed by atoms with van der Waals surface area (Å²) in [5.41, 5.74) is 1.48. The molecule has 1 fully saturated rings. The molecule has 2 rings (SSSR count). The average molecular weight is 195 g/mol. The molecule has 2 atom stereocenters. The minimum atomic E-state index is 0.712. The summed E-state index contributed by atoms with van der Waals surface area (Å²) in [4.78, 5) is 0. The van der Waals surface area contributed by atoms with Crippen LogP contribution in [0.3, 0.4) is 0 Å². The van der Waals surface area contributed by atoms with E-state index in [1.807, 2.05) is 0 Å². The van der Waals surface area contributed by atoms with Crippen molar-refractivity contribution < 1.29 is 0 Å². The van der Waals surface area contributed by atoms with Crippen molar-refractivity contribution in [1.82, 2.24) is 0 Å². The Hall–Kier alpha value is -0.490. The monoisotopic (exact) mass is 194 g/mol. The second-order valence-corrected chi connectivity index (χ2v) is 4.17. The molecule has 0 aliphatic heterocycles. The molecule has 0 saturated heterocycles. The molecule has 1 heteroatoms. The van der Waals surface area contributed by atoms with E-state index >= 15 is 0 Å². The lowest BCUT2D eigenvalue weighted by molar-refractivity contribution is 0.539. The average Bonchev–Trinajstić information content (AvgIpc) is 2.67. The lowest BCUT2D eigenvalue weighted by Gasteiger charge is -2.17. The summed E-state index contributed by atoms with van der Waals surface area (Å²) in [7, 11) is 0. The maximum atomic E-state index is 5.95. The maximum absolute atomic E-state index is 5.95. The second-order valence-electron chi connectivity index (χ2n) is 3.86. The van der Waals surface area contributed by atoms with Gasteiger partial charge in [-0.25, -0.2) is 0 Å². The lowest BCUT2D eigenvalue weighted by atomic mass is 9.90. The Morgan fingerprint density at radius 2 is 1.92 bits per heavy atom. The van der Waals surface area contributed by atoms with Crippen LogP contribution in [0.4, 0.5) is 0 Å². The maximum Gasteiger partial charge on any atom is 0.0257 e. The van der Waals surface area contributed by atoms with Gasteiger partial charge in [-0.1, -0.05) is 36.8 Å². The molecule has 1 aliphatic rings. The topological polar surface area (TPSA) is 0 Å². The molecule has 1 aromatic rings. The van der Waals surface area contributed by atoms with E-state index in [-0.39, 0.29) is 0 Å². The number of hydrogen-bond donors (Lipinski definition) is 0. The van der Waals surface area contributed by atoms with Gasteiger partial charge in [0.2, 0.25) is 0 Å². The Bertz CT molecular complexity index is 255. The van der Waals surface area contributed by atoms with Gasteiger partial charge in [0.05, 0.1) is 0 Å². The third-order valence-electron chi connectivity index (χ3n) is 3.08. The molecule has 0 spiro atoms. The van der Waals surface area contributed by atoms with Gasteiger partial charge in [-0.3, -0.25) is 0 Å². The molecule has 1 saturated carbocycles. The predicted octanol–water partition coefficient (Wildman–Crippen LogP) is 3.81. The Labute approximate surface area is 84.9 Å². The zero-order chi connectivity index (χ0) is 9.10. The Kier molecular flexibility index (Phi) is 2.90. The molecule has 0 amide bonds. The zero-order valence-corrected chi connectivity index (χ0v) is 8.50. The highest BCUT2D eigenvalue weighted by Gasteiger charge is 2.27. The summed E-state index contributed by atoms with van der Waals surface area (Å²) in [6.45, 7) is 0. The fraction of sp³-hybridized carbons (Fsp3) is 0.500. The van der Waals surface area contributed by atoms with E-state index in [0.717, 1.165) is 11.8 Å². The van der Waals surface area contributed by atoms with Crippen LogP contribution in [0.1, 0.15) is 30.7 Å². The number of rotatable bonds is 2. The first-order chi connectivity index (χ1) is 6.42. The van der Waals surface area contributed by atoms with Gasteiger partial charge in [0, 0.05) is 5.88 Å². The van der Waals surface area contributed by atoms with E-state index < -0.39 is 0 Å². The molecule has 0 radical (unpaired) electrons. The first-order valence-corrected chi connectivity index (χ1v) is 5.56. The lowest BCUT2D eigenvalue weighted by Crippen LogP contribution is -2.07. The van der Waals surface area contributed by atoms with Crippen LogP contribution in [0, 0.1) is 5.92 Å². The molecule has 2 unspecified atom stereocenters. The fourth-order valence-electron chi connectivity index (χ4n) is 2.36. The quantitative estimate of drug-likeness (QED) is 0.629. The number of halogens is 1. The van der Waals surface area contributed by atoms with Crippen LogP contribution in [0.25, 0.3) is 0 Å². The third kappa shape index (κ3) is 1.88. The summed E-state index contributed by atoms with van der Waals surface area (Å²) in [5.74, 6) is 2.25. The SMILES string of the molecule is ClCC1CCCC1c1ccccc1. The van der Waals surface area contributed by atoms with E-state index in [9.17, 15) is 0 Å². The first kappa shape index (κ1) is 9.08. The van der Waals surface area contributed by atoms with Gasteiger partial charge in [-0.05, 0) is 30.2 Å². The van der Waals surface area contributed by atoms with Crippen molar-refractivity contribution in [2.24, 2.45) is 5.92 Å². The zero-order valence-electron chi connectivity index (χ0n) is 7.75. The van der Waals surface area contributed by atoms with Crippen LogP contribution >= 0.6 is 11.6 Å². The third-order valence-corrected chi connectivity index (χ3v) is 3.48.